The fourth-order valence-electron chi connectivity index (χ4n) is 8.28. The molecule has 4 N–H and O–H groups in total. The Balaban J connectivity index is 4.91. The van der Waals surface area contributed by atoms with Crippen molar-refractivity contribution in [1.82, 2.24) is 0 Å². The van der Waals surface area contributed by atoms with E-state index in [2.05, 4.69) is 240 Å². The number of aliphatic hydroxyl groups excluding tert-OH is 2. The molecule has 16 nitrogen and oxygen atoms in total. The summed E-state index contributed by atoms with van der Waals surface area (Å²) in [7, 11) is -9.85. The van der Waals surface area contributed by atoms with Crippen LogP contribution in [0.5, 0.6) is 0 Å². The maximum atomic E-state index is 13.0. The Bertz CT molecular complexity index is 2680. The monoisotopic (exact) mass is 1410 g/mol. The van der Waals surface area contributed by atoms with Crippen LogP contribution in [0.3, 0.4) is 0 Å². The third-order valence-electron chi connectivity index (χ3n) is 13.7. The minimum Gasteiger partial charge on any atom is -0.463 e. The first-order valence-corrected chi connectivity index (χ1v) is 39.0. The van der Waals surface area contributed by atoms with E-state index in [9.17, 15) is 43.5 Å². The molecule has 0 amide bonds. The Hall–Kier alpha value is -6.13. The van der Waals surface area contributed by atoms with Crippen molar-refractivity contribution in [3.05, 3.63) is 219 Å². The lowest BCUT2D eigenvalue weighted by molar-refractivity contribution is -0.161. The SMILES string of the molecule is CC/C=C\C/C=C\C/C=C\C/C=C\C/C=C\C/C=C\CCCCC(=O)OCC(O)COP(=O)(O)OCC(O)COP(=O)(O)OCC(COC(=O)CCCC/C=C\C/C=C\C/C=C\C/C=C\C/C=C\C/C=C\CC)OC(=O)CCCC/C=C\C/C=C\C/C=C\C/C=C\C/C=C\C/C=C\CC. The number of unbranched alkanes of at least 4 members (excludes halogenated alkanes) is 6. The Morgan fingerprint density at radius 2 is 0.495 bits per heavy atom. The molecule has 0 aromatic rings. The van der Waals surface area contributed by atoms with Gasteiger partial charge in [-0.25, -0.2) is 9.13 Å². The number of carbonyl (C=O) groups excluding carboxylic acids is 3. The first-order valence-electron chi connectivity index (χ1n) is 36.0. The predicted octanol–water partition coefficient (Wildman–Crippen LogP) is 20.7. The molecule has 0 spiro atoms. The largest absolute Gasteiger partial charge is 0.472 e. The Morgan fingerprint density at radius 1 is 0.283 bits per heavy atom. The van der Waals surface area contributed by atoms with Crippen LogP contribution in [0.4, 0.5) is 0 Å². The number of hydrogen-bond acceptors (Lipinski definition) is 14. The van der Waals surface area contributed by atoms with E-state index >= 15 is 0 Å². The highest BCUT2D eigenvalue weighted by molar-refractivity contribution is 7.47. The van der Waals surface area contributed by atoms with Gasteiger partial charge in [0, 0.05) is 19.3 Å². The summed E-state index contributed by atoms with van der Waals surface area (Å²) in [5.74, 6) is -1.75. The molecule has 0 bridgehead atoms. The molecular weight excluding hydrogens is 1290 g/mol. The summed E-state index contributed by atoms with van der Waals surface area (Å²) in [5, 5.41) is 20.6. The normalized spacial score (nSPS) is 15.3. The van der Waals surface area contributed by atoms with E-state index in [1.54, 1.807) is 0 Å². The number of allylic oxidation sites excluding steroid dienone is 36. The number of ether oxygens (including phenoxy) is 3. The van der Waals surface area contributed by atoms with Crippen molar-refractivity contribution >= 4 is 33.6 Å². The first kappa shape index (κ1) is 92.9. The van der Waals surface area contributed by atoms with Gasteiger partial charge in [-0.1, -0.05) is 240 Å². The molecular formula is C81H124O16P2. The van der Waals surface area contributed by atoms with Crippen molar-refractivity contribution in [2.24, 2.45) is 0 Å². The molecule has 99 heavy (non-hydrogen) atoms. The van der Waals surface area contributed by atoms with E-state index in [-0.39, 0.29) is 19.3 Å². The molecule has 0 aliphatic heterocycles. The third-order valence-corrected chi connectivity index (χ3v) is 15.6. The van der Waals surface area contributed by atoms with Crippen LogP contribution in [0.2, 0.25) is 0 Å². The molecule has 0 rings (SSSR count). The van der Waals surface area contributed by atoms with Crippen molar-refractivity contribution in [2.75, 3.05) is 39.6 Å². The van der Waals surface area contributed by atoms with Crippen LogP contribution in [0, 0.1) is 0 Å². The summed E-state index contributed by atoms with van der Waals surface area (Å²) in [4.78, 5) is 58.5. The average molecular weight is 1420 g/mol. The van der Waals surface area contributed by atoms with Gasteiger partial charge in [0.2, 0.25) is 0 Å². The molecule has 5 unspecified atom stereocenters. The first-order chi connectivity index (χ1) is 48.2. The molecule has 0 aliphatic carbocycles. The number of hydrogen-bond donors (Lipinski definition) is 4. The molecule has 0 radical (unpaired) electrons. The smallest absolute Gasteiger partial charge is 0.463 e. The lowest BCUT2D eigenvalue weighted by atomic mass is 10.1. The van der Waals surface area contributed by atoms with Gasteiger partial charge < -0.3 is 34.2 Å². The molecule has 0 aliphatic rings. The minimum absolute atomic E-state index is 0.0271. The second-order valence-corrected chi connectivity index (χ2v) is 25.8. The van der Waals surface area contributed by atoms with Crippen LogP contribution < -0.4 is 0 Å². The lowest BCUT2D eigenvalue weighted by Gasteiger charge is -2.21. The highest BCUT2D eigenvalue weighted by Gasteiger charge is 2.29. The fraction of sp³-hybridized carbons (Fsp3) is 0.519. The molecule has 18 heteroatoms. The summed E-state index contributed by atoms with van der Waals surface area (Å²) in [6.07, 6.45) is 95.6. The van der Waals surface area contributed by atoms with Gasteiger partial charge in [0.1, 0.15) is 25.4 Å². The van der Waals surface area contributed by atoms with Gasteiger partial charge in [-0.05, 0) is 173 Å². The minimum atomic E-state index is -4.97. The quantitative estimate of drug-likeness (QED) is 0.0146. The molecule has 0 heterocycles. The molecule has 554 valence electrons. The maximum absolute atomic E-state index is 13.0. The number of phosphoric ester groups is 2. The summed E-state index contributed by atoms with van der Waals surface area (Å²) < 4.78 is 60.9. The third kappa shape index (κ3) is 72.9. The lowest BCUT2D eigenvalue weighted by Crippen LogP contribution is -2.30. The Kier molecular flexibility index (Phi) is 67.2. The standard InChI is InChI=1S/C81H124O16P2/c1-4-7-10-13-16-19-22-25-28-31-34-37-40-43-46-49-52-55-58-61-64-67-79(84)91-70-76(82)71-93-98(87,88)94-72-77(83)73-95-99(89,90)96-75-78(97-81(86)69-66-63-60-57-54-51-48-45-42-39-36-33-30-27-24-21-18-15-12-9-6-3)74-92-80(85)68-65-62-59-56-53-50-47-44-41-38-35-32-29-26-23-20-17-14-11-8-5-2/h7-12,16-21,25-30,34-39,43-48,52-57,76-78,82-83H,4-6,13-15,22-24,31-33,40-42,49-51,58-75H2,1-3H3,(H,87,88)(H,89,90)/b10-7-,11-8-,12-9-,19-16-,20-17-,21-18-,28-25-,29-26-,30-27-,37-34-,38-35-,39-36-,46-43-,47-44-,48-45-,55-52-,56-53-,57-54-. The van der Waals surface area contributed by atoms with E-state index < -0.39 is 91.5 Å². The van der Waals surface area contributed by atoms with Gasteiger partial charge in [0.15, 0.2) is 6.10 Å². The van der Waals surface area contributed by atoms with Crippen molar-refractivity contribution in [2.45, 2.75) is 232 Å². The highest BCUT2D eigenvalue weighted by atomic mass is 31.2. The fourth-order valence-corrected chi connectivity index (χ4v) is 9.87. The second kappa shape index (κ2) is 71.7. The number of phosphoric acid groups is 2. The van der Waals surface area contributed by atoms with Crippen molar-refractivity contribution in [3.8, 4) is 0 Å². The van der Waals surface area contributed by atoms with Crippen LogP contribution in [-0.4, -0.2) is 95.9 Å². The van der Waals surface area contributed by atoms with Gasteiger partial charge >= 0.3 is 33.6 Å². The zero-order valence-electron chi connectivity index (χ0n) is 60.1. The van der Waals surface area contributed by atoms with Crippen molar-refractivity contribution in [1.29, 1.82) is 0 Å². The summed E-state index contributed by atoms with van der Waals surface area (Å²) in [6.45, 7) is 2.12. The molecule has 0 aromatic carbocycles. The topological polar surface area (TPSA) is 231 Å². The number of aliphatic hydroxyl groups is 2. The van der Waals surface area contributed by atoms with Crippen molar-refractivity contribution < 1.29 is 75.8 Å². The van der Waals surface area contributed by atoms with Crippen LogP contribution in [0.15, 0.2) is 219 Å². The molecule has 0 aromatic heterocycles. The number of carbonyl (C=O) groups is 3. The molecule has 0 saturated heterocycles. The Morgan fingerprint density at radius 3 is 0.758 bits per heavy atom. The van der Waals surface area contributed by atoms with Crippen LogP contribution in [0.25, 0.3) is 0 Å². The molecule has 5 atom stereocenters. The van der Waals surface area contributed by atoms with Crippen LogP contribution in [-0.2, 0) is 55.8 Å². The van der Waals surface area contributed by atoms with Gasteiger partial charge in [0.05, 0.1) is 26.4 Å². The molecule has 0 saturated carbocycles. The van der Waals surface area contributed by atoms with Crippen LogP contribution >= 0.6 is 15.6 Å². The van der Waals surface area contributed by atoms with Gasteiger partial charge in [0.25, 0.3) is 0 Å². The number of esters is 3. The second-order valence-electron chi connectivity index (χ2n) is 22.9. The van der Waals surface area contributed by atoms with E-state index in [1.807, 2.05) is 0 Å². The van der Waals surface area contributed by atoms with Gasteiger partial charge in [-0.2, -0.15) is 0 Å². The van der Waals surface area contributed by atoms with Crippen molar-refractivity contribution in [3.63, 3.8) is 0 Å². The zero-order valence-corrected chi connectivity index (χ0v) is 61.8. The number of rotatable bonds is 65. The van der Waals surface area contributed by atoms with Gasteiger partial charge in [-0.15, -0.1) is 0 Å². The molecule has 0 fully saturated rings. The maximum Gasteiger partial charge on any atom is 0.472 e. The summed E-state index contributed by atoms with van der Waals surface area (Å²) >= 11 is 0. The summed E-state index contributed by atoms with van der Waals surface area (Å²) in [5.41, 5.74) is 0. The van der Waals surface area contributed by atoms with Crippen LogP contribution in [0.1, 0.15) is 213 Å². The van der Waals surface area contributed by atoms with Gasteiger partial charge in [-0.3, -0.25) is 32.5 Å². The Labute approximate surface area is 596 Å². The van der Waals surface area contributed by atoms with E-state index in [0.29, 0.717) is 25.7 Å². The highest BCUT2D eigenvalue weighted by Crippen LogP contribution is 2.45. The predicted molar refractivity (Wildman–Crippen MR) is 407 cm³/mol. The van der Waals surface area contributed by atoms with E-state index in [0.717, 1.165) is 148 Å². The zero-order chi connectivity index (χ0) is 72.3. The average Bonchev–Trinajstić information content (AvgIpc) is 1.82. The van der Waals surface area contributed by atoms with E-state index in [1.165, 1.54) is 0 Å². The summed E-state index contributed by atoms with van der Waals surface area (Å²) in [6, 6.07) is 0. The van der Waals surface area contributed by atoms with E-state index in [4.69, 9.17) is 32.3 Å².